The molecule has 0 bridgehead atoms. The van der Waals surface area contributed by atoms with Crippen LogP contribution in [0.1, 0.15) is 32.1 Å². The summed E-state index contributed by atoms with van der Waals surface area (Å²) < 4.78 is 5.89. The lowest BCUT2D eigenvalue weighted by molar-refractivity contribution is -0.117. The number of rotatable bonds is 4. The molecule has 1 aliphatic heterocycles. The molecule has 22 heavy (non-hydrogen) atoms. The van der Waals surface area contributed by atoms with Crippen LogP contribution in [0, 0.1) is 0 Å². The first-order chi connectivity index (χ1) is 10.6. The number of β-amino-alcohol motifs (C(OH)–C–C–N with tert-alkyl or cyclic N) is 1. The first kappa shape index (κ1) is 15.6. The second-order valence-corrected chi connectivity index (χ2v) is 6.42. The van der Waals surface area contributed by atoms with Crippen molar-refractivity contribution in [3.63, 3.8) is 0 Å². The van der Waals surface area contributed by atoms with Gasteiger partial charge in [0.15, 0.2) is 0 Å². The topological polar surface area (TPSA) is 70.6 Å². The number of anilines is 1. The molecule has 3 rings (SSSR count). The Morgan fingerprint density at radius 1 is 1.36 bits per heavy atom. The van der Waals surface area contributed by atoms with Gasteiger partial charge >= 0.3 is 0 Å². The van der Waals surface area contributed by atoms with Crippen molar-refractivity contribution in [2.75, 3.05) is 11.9 Å². The highest BCUT2D eigenvalue weighted by molar-refractivity contribution is 6.32. The van der Waals surface area contributed by atoms with E-state index in [1.165, 1.54) is 12.8 Å². The highest BCUT2D eigenvalue weighted by atomic mass is 35.5. The standard InChI is InChI=1S/C16H21ClN2O3/c17-13-7-10(19-16(21)14-8-11(20)9-18-14)5-6-15(13)22-12-3-1-2-4-12/h5-7,11-12,14,18,20H,1-4,8-9H2,(H,19,21). The van der Waals surface area contributed by atoms with Gasteiger partial charge in [-0.25, -0.2) is 0 Å². The molecule has 1 saturated heterocycles. The molecule has 0 radical (unpaired) electrons. The quantitative estimate of drug-likeness (QED) is 0.795. The van der Waals surface area contributed by atoms with Crippen LogP contribution in [0.2, 0.25) is 5.02 Å². The molecule has 1 aromatic carbocycles. The average Bonchev–Trinajstić information content (AvgIpc) is 3.13. The maximum absolute atomic E-state index is 12.1. The molecule has 6 heteroatoms. The van der Waals surface area contributed by atoms with Crippen molar-refractivity contribution in [2.45, 2.75) is 50.4 Å². The molecule has 3 N–H and O–H groups in total. The monoisotopic (exact) mass is 324 g/mol. The fourth-order valence-corrected chi connectivity index (χ4v) is 3.23. The summed E-state index contributed by atoms with van der Waals surface area (Å²) in [7, 11) is 0. The van der Waals surface area contributed by atoms with E-state index in [4.69, 9.17) is 16.3 Å². The van der Waals surface area contributed by atoms with Crippen molar-refractivity contribution in [2.24, 2.45) is 0 Å². The van der Waals surface area contributed by atoms with Gasteiger partial charge in [-0.05, 0) is 50.3 Å². The third-order valence-electron chi connectivity index (χ3n) is 4.22. The second-order valence-electron chi connectivity index (χ2n) is 6.01. The summed E-state index contributed by atoms with van der Waals surface area (Å²) in [6.45, 7) is 0.451. The first-order valence-corrected chi connectivity index (χ1v) is 8.18. The fourth-order valence-electron chi connectivity index (χ4n) is 3.01. The molecular formula is C16H21ClN2O3. The van der Waals surface area contributed by atoms with Gasteiger partial charge in [-0.15, -0.1) is 0 Å². The van der Waals surface area contributed by atoms with Gasteiger partial charge in [-0.3, -0.25) is 4.79 Å². The summed E-state index contributed by atoms with van der Waals surface area (Å²) in [4.78, 5) is 12.1. The van der Waals surface area contributed by atoms with E-state index in [-0.39, 0.29) is 18.1 Å². The smallest absolute Gasteiger partial charge is 0.241 e. The third-order valence-corrected chi connectivity index (χ3v) is 4.51. The minimum absolute atomic E-state index is 0.155. The Balaban J connectivity index is 1.60. The molecule has 0 aromatic heterocycles. The zero-order chi connectivity index (χ0) is 15.5. The van der Waals surface area contributed by atoms with Crippen LogP contribution in [0.5, 0.6) is 5.75 Å². The van der Waals surface area contributed by atoms with Crippen LogP contribution < -0.4 is 15.4 Å². The number of nitrogens with one attached hydrogen (secondary N) is 2. The molecule has 2 aliphatic rings. The van der Waals surface area contributed by atoms with Crippen molar-refractivity contribution in [1.29, 1.82) is 0 Å². The molecule has 120 valence electrons. The molecule has 2 atom stereocenters. The van der Waals surface area contributed by atoms with Gasteiger partial charge in [-0.2, -0.15) is 0 Å². The summed E-state index contributed by atoms with van der Waals surface area (Å²) in [6, 6.07) is 4.94. The van der Waals surface area contributed by atoms with E-state index in [1.54, 1.807) is 18.2 Å². The van der Waals surface area contributed by atoms with Crippen LogP contribution in [0.25, 0.3) is 0 Å². The van der Waals surface area contributed by atoms with E-state index in [2.05, 4.69) is 10.6 Å². The highest BCUT2D eigenvalue weighted by Crippen LogP contribution is 2.31. The predicted molar refractivity (Wildman–Crippen MR) is 85.4 cm³/mol. The molecule has 2 unspecified atom stereocenters. The van der Waals surface area contributed by atoms with Crippen LogP contribution in [-0.2, 0) is 4.79 Å². The Morgan fingerprint density at radius 3 is 2.77 bits per heavy atom. The Bertz CT molecular complexity index is 546. The van der Waals surface area contributed by atoms with E-state index in [1.807, 2.05) is 0 Å². The van der Waals surface area contributed by atoms with Gasteiger partial charge in [0, 0.05) is 12.2 Å². The summed E-state index contributed by atoms with van der Waals surface area (Å²) >= 11 is 6.24. The predicted octanol–water partition coefficient (Wildman–Crippen LogP) is 2.32. The lowest BCUT2D eigenvalue weighted by Crippen LogP contribution is -2.35. The van der Waals surface area contributed by atoms with Crippen LogP contribution in [0.3, 0.4) is 0 Å². The SMILES string of the molecule is O=C(Nc1ccc(OC2CCCC2)c(Cl)c1)C1CC(O)CN1. The number of hydrogen-bond acceptors (Lipinski definition) is 4. The third kappa shape index (κ3) is 3.72. The van der Waals surface area contributed by atoms with Crippen molar-refractivity contribution >= 4 is 23.2 Å². The second kappa shape index (κ2) is 6.86. The summed E-state index contributed by atoms with van der Waals surface area (Å²) in [6.07, 6.45) is 4.79. The highest BCUT2D eigenvalue weighted by Gasteiger charge is 2.28. The number of aliphatic hydroxyl groups is 1. The van der Waals surface area contributed by atoms with Crippen LogP contribution in [0.4, 0.5) is 5.69 Å². The Labute approximate surface area is 135 Å². The Hall–Kier alpha value is -1.30. The fraction of sp³-hybridized carbons (Fsp3) is 0.562. The molecule has 2 fully saturated rings. The number of aliphatic hydroxyl groups excluding tert-OH is 1. The number of carbonyl (C=O) groups is 1. The lowest BCUT2D eigenvalue weighted by atomic mass is 10.2. The Kier molecular flexibility index (Phi) is 4.86. The molecular weight excluding hydrogens is 304 g/mol. The maximum atomic E-state index is 12.1. The van der Waals surface area contributed by atoms with Crippen molar-refractivity contribution in [3.05, 3.63) is 23.2 Å². The van der Waals surface area contributed by atoms with E-state index < -0.39 is 6.10 Å². The number of carbonyl (C=O) groups excluding carboxylic acids is 1. The first-order valence-electron chi connectivity index (χ1n) is 7.80. The molecule has 1 aliphatic carbocycles. The van der Waals surface area contributed by atoms with E-state index in [0.717, 1.165) is 12.8 Å². The number of amides is 1. The van der Waals surface area contributed by atoms with Gasteiger partial charge in [0.2, 0.25) is 5.91 Å². The Morgan fingerprint density at radius 2 is 2.14 bits per heavy atom. The van der Waals surface area contributed by atoms with E-state index in [0.29, 0.717) is 29.4 Å². The van der Waals surface area contributed by atoms with Crippen LogP contribution in [-0.4, -0.2) is 35.8 Å². The number of halogens is 1. The van der Waals surface area contributed by atoms with Crippen molar-refractivity contribution in [3.8, 4) is 5.75 Å². The van der Waals surface area contributed by atoms with Gasteiger partial charge < -0.3 is 20.5 Å². The largest absolute Gasteiger partial charge is 0.489 e. The minimum Gasteiger partial charge on any atom is -0.489 e. The zero-order valence-corrected chi connectivity index (χ0v) is 13.1. The van der Waals surface area contributed by atoms with Gasteiger partial charge in [0.25, 0.3) is 0 Å². The maximum Gasteiger partial charge on any atom is 0.241 e. The van der Waals surface area contributed by atoms with Crippen molar-refractivity contribution in [1.82, 2.24) is 5.32 Å². The summed E-state index contributed by atoms with van der Waals surface area (Å²) in [5.74, 6) is 0.512. The van der Waals surface area contributed by atoms with Crippen LogP contribution >= 0.6 is 11.6 Å². The van der Waals surface area contributed by atoms with Crippen LogP contribution in [0.15, 0.2) is 18.2 Å². The zero-order valence-electron chi connectivity index (χ0n) is 12.3. The molecule has 1 aromatic rings. The number of hydrogen-bond donors (Lipinski definition) is 3. The van der Waals surface area contributed by atoms with Gasteiger partial charge in [-0.1, -0.05) is 11.6 Å². The molecule has 0 spiro atoms. The molecule has 1 amide bonds. The minimum atomic E-state index is -0.457. The normalized spacial score (nSPS) is 25.4. The van der Waals surface area contributed by atoms with E-state index >= 15 is 0 Å². The summed E-state index contributed by atoms with van der Waals surface area (Å²) in [5.41, 5.74) is 0.636. The molecule has 5 nitrogen and oxygen atoms in total. The van der Waals surface area contributed by atoms with Gasteiger partial charge in [0.05, 0.1) is 23.3 Å². The number of benzene rings is 1. The van der Waals surface area contributed by atoms with Gasteiger partial charge in [0.1, 0.15) is 5.75 Å². The molecule has 1 heterocycles. The average molecular weight is 325 g/mol. The molecule has 1 saturated carbocycles. The van der Waals surface area contributed by atoms with Crippen molar-refractivity contribution < 1.29 is 14.6 Å². The lowest BCUT2D eigenvalue weighted by Gasteiger charge is -2.16. The van der Waals surface area contributed by atoms with E-state index in [9.17, 15) is 9.90 Å². The summed E-state index contributed by atoms with van der Waals surface area (Å²) in [5, 5.41) is 15.7. The number of ether oxygens (including phenoxy) is 1.